The molecule has 0 fully saturated rings. The third kappa shape index (κ3) is 2.64. The topological polar surface area (TPSA) is 17.1 Å². The lowest BCUT2D eigenvalue weighted by Crippen LogP contribution is -2.03. The van der Waals surface area contributed by atoms with Crippen LogP contribution >= 0.6 is 11.3 Å². The number of rotatable bonds is 3. The van der Waals surface area contributed by atoms with E-state index in [-0.39, 0.29) is 5.78 Å². The van der Waals surface area contributed by atoms with Crippen molar-refractivity contribution in [3.05, 3.63) is 56.8 Å². The van der Waals surface area contributed by atoms with E-state index in [0.29, 0.717) is 6.42 Å². The van der Waals surface area contributed by atoms with Gasteiger partial charge in [-0.3, -0.25) is 4.79 Å². The Morgan fingerprint density at radius 2 is 1.82 bits per heavy atom. The summed E-state index contributed by atoms with van der Waals surface area (Å²) in [5.74, 6) is 0.223. The molecule has 0 spiro atoms. The molecule has 0 saturated carbocycles. The van der Waals surface area contributed by atoms with Crippen LogP contribution in [-0.2, 0) is 6.42 Å². The van der Waals surface area contributed by atoms with E-state index < -0.39 is 0 Å². The van der Waals surface area contributed by atoms with Gasteiger partial charge in [0.1, 0.15) is 0 Å². The minimum atomic E-state index is 0.223. The zero-order valence-corrected chi connectivity index (χ0v) is 11.2. The van der Waals surface area contributed by atoms with Crippen molar-refractivity contribution in [2.45, 2.75) is 27.2 Å². The van der Waals surface area contributed by atoms with Crippen molar-refractivity contribution in [2.75, 3.05) is 0 Å². The van der Waals surface area contributed by atoms with Crippen LogP contribution in [0.2, 0.25) is 0 Å². The lowest BCUT2D eigenvalue weighted by Gasteiger charge is -2.04. The molecule has 2 aromatic rings. The van der Waals surface area contributed by atoms with Crippen molar-refractivity contribution in [3.8, 4) is 0 Å². The fraction of sp³-hybridized carbons (Fsp3) is 0.267. The highest BCUT2D eigenvalue weighted by atomic mass is 32.1. The molecular formula is C15H16OS. The Labute approximate surface area is 106 Å². The van der Waals surface area contributed by atoms with Gasteiger partial charge in [0.15, 0.2) is 5.78 Å². The summed E-state index contributed by atoms with van der Waals surface area (Å²) in [4.78, 5) is 13.0. The third-order valence-electron chi connectivity index (χ3n) is 3.05. The summed E-state index contributed by atoms with van der Waals surface area (Å²) in [7, 11) is 0. The van der Waals surface area contributed by atoms with Crippen molar-refractivity contribution in [2.24, 2.45) is 0 Å². The maximum absolute atomic E-state index is 12.1. The molecule has 0 atom stereocenters. The molecule has 1 nitrogen and oxygen atoms in total. The van der Waals surface area contributed by atoms with Crippen molar-refractivity contribution >= 4 is 17.1 Å². The van der Waals surface area contributed by atoms with E-state index in [0.717, 1.165) is 16.0 Å². The monoisotopic (exact) mass is 244 g/mol. The highest BCUT2D eigenvalue weighted by molar-refractivity contribution is 7.12. The molecule has 0 radical (unpaired) electrons. The highest BCUT2D eigenvalue weighted by Crippen LogP contribution is 2.19. The molecule has 1 aromatic heterocycles. The second kappa shape index (κ2) is 4.84. The second-order valence-corrected chi connectivity index (χ2v) is 5.37. The molecule has 0 N–H and O–H groups in total. The second-order valence-electron chi connectivity index (χ2n) is 4.45. The first-order valence-electron chi connectivity index (χ1n) is 5.71. The normalized spacial score (nSPS) is 10.5. The molecule has 0 aliphatic carbocycles. The Bertz CT molecular complexity index is 552. The number of hydrogen-bond donors (Lipinski definition) is 0. The fourth-order valence-electron chi connectivity index (χ4n) is 1.84. The van der Waals surface area contributed by atoms with E-state index in [1.807, 2.05) is 24.4 Å². The molecule has 0 bridgehead atoms. The summed E-state index contributed by atoms with van der Waals surface area (Å²) < 4.78 is 0. The predicted octanol–water partition coefficient (Wildman–Crippen LogP) is 4.10. The van der Waals surface area contributed by atoms with Crippen molar-refractivity contribution in [3.63, 3.8) is 0 Å². The van der Waals surface area contributed by atoms with Crippen molar-refractivity contribution in [1.82, 2.24) is 0 Å². The van der Waals surface area contributed by atoms with Crippen molar-refractivity contribution in [1.29, 1.82) is 0 Å². The summed E-state index contributed by atoms with van der Waals surface area (Å²) >= 11 is 1.53. The largest absolute Gasteiger partial charge is 0.293 e. The molecule has 0 aliphatic rings. The maximum Gasteiger partial charge on any atom is 0.177 e. The third-order valence-corrected chi connectivity index (χ3v) is 4.11. The summed E-state index contributed by atoms with van der Waals surface area (Å²) in [5.41, 5.74) is 4.71. The van der Waals surface area contributed by atoms with Gasteiger partial charge in [0.2, 0.25) is 0 Å². The number of thiophene rings is 1. The van der Waals surface area contributed by atoms with Gasteiger partial charge < -0.3 is 0 Å². The summed E-state index contributed by atoms with van der Waals surface area (Å²) in [6, 6.07) is 8.23. The van der Waals surface area contributed by atoms with Gasteiger partial charge in [-0.25, -0.2) is 0 Å². The van der Waals surface area contributed by atoms with Gasteiger partial charge in [0, 0.05) is 6.42 Å². The molecular weight excluding hydrogens is 228 g/mol. The molecule has 88 valence electrons. The number of carbonyl (C=O) groups is 1. The standard InChI is InChI=1S/C15H16OS/c1-10-4-5-13(8-12(10)3)9-14(16)15-11(2)6-7-17-15/h4-8H,9H2,1-3H3. The Balaban J connectivity index is 2.19. The van der Waals surface area contributed by atoms with Crippen LogP contribution in [0.25, 0.3) is 0 Å². The van der Waals surface area contributed by atoms with E-state index in [1.165, 1.54) is 22.5 Å². The Morgan fingerprint density at radius 3 is 2.41 bits per heavy atom. The zero-order chi connectivity index (χ0) is 12.4. The van der Waals surface area contributed by atoms with Crippen LogP contribution in [-0.4, -0.2) is 5.78 Å². The van der Waals surface area contributed by atoms with Gasteiger partial charge in [0.25, 0.3) is 0 Å². The minimum absolute atomic E-state index is 0.223. The van der Waals surface area contributed by atoms with Crippen LogP contribution in [0.5, 0.6) is 0 Å². The first kappa shape index (κ1) is 12.1. The van der Waals surface area contributed by atoms with Gasteiger partial charge in [-0.1, -0.05) is 18.2 Å². The number of benzene rings is 1. The summed E-state index contributed by atoms with van der Waals surface area (Å²) in [5, 5.41) is 1.98. The van der Waals surface area contributed by atoms with E-state index in [1.54, 1.807) is 0 Å². The Hall–Kier alpha value is -1.41. The maximum atomic E-state index is 12.1. The summed E-state index contributed by atoms with van der Waals surface area (Å²) in [6.45, 7) is 6.16. The van der Waals surface area contributed by atoms with E-state index >= 15 is 0 Å². The average Bonchev–Trinajstić information content (AvgIpc) is 2.70. The zero-order valence-electron chi connectivity index (χ0n) is 10.4. The molecule has 1 aromatic carbocycles. The fourth-order valence-corrected chi connectivity index (χ4v) is 2.70. The van der Waals surface area contributed by atoms with Crippen LogP contribution < -0.4 is 0 Å². The lowest BCUT2D eigenvalue weighted by molar-refractivity contribution is 0.0996. The van der Waals surface area contributed by atoms with Crippen LogP contribution in [0.4, 0.5) is 0 Å². The molecule has 0 saturated heterocycles. The number of aryl methyl sites for hydroxylation is 3. The van der Waals surface area contributed by atoms with Crippen LogP contribution in [0, 0.1) is 20.8 Å². The number of Topliss-reactive ketones (excluding diaryl/α,β-unsaturated/α-hetero) is 1. The number of ketones is 1. The van der Waals surface area contributed by atoms with Gasteiger partial charge in [-0.2, -0.15) is 0 Å². The van der Waals surface area contributed by atoms with Gasteiger partial charge in [-0.15, -0.1) is 11.3 Å². The Morgan fingerprint density at radius 1 is 1.06 bits per heavy atom. The SMILES string of the molecule is Cc1ccc(CC(=O)c2sccc2C)cc1C. The molecule has 0 aliphatic heterocycles. The van der Waals surface area contributed by atoms with Crippen LogP contribution in [0.3, 0.4) is 0 Å². The quantitative estimate of drug-likeness (QED) is 0.743. The first-order valence-corrected chi connectivity index (χ1v) is 6.59. The predicted molar refractivity (Wildman–Crippen MR) is 73.0 cm³/mol. The minimum Gasteiger partial charge on any atom is -0.293 e. The average molecular weight is 244 g/mol. The van der Waals surface area contributed by atoms with Crippen molar-refractivity contribution < 1.29 is 4.79 Å². The van der Waals surface area contributed by atoms with E-state index in [9.17, 15) is 4.79 Å². The number of carbonyl (C=O) groups excluding carboxylic acids is 1. The molecule has 0 amide bonds. The molecule has 2 heteroatoms. The van der Waals surface area contributed by atoms with Crippen LogP contribution in [0.1, 0.15) is 31.9 Å². The van der Waals surface area contributed by atoms with E-state index in [4.69, 9.17) is 0 Å². The summed E-state index contributed by atoms with van der Waals surface area (Å²) in [6.07, 6.45) is 0.502. The molecule has 0 unspecified atom stereocenters. The van der Waals surface area contributed by atoms with Gasteiger partial charge in [0.05, 0.1) is 4.88 Å². The first-order chi connectivity index (χ1) is 8.08. The van der Waals surface area contributed by atoms with Gasteiger partial charge in [-0.05, 0) is 54.5 Å². The molecule has 2 rings (SSSR count). The van der Waals surface area contributed by atoms with Gasteiger partial charge >= 0.3 is 0 Å². The molecule has 1 heterocycles. The lowest BCUT2D eigenvalue weighted by atomic mass is 10.0. The highest BCUT2D eigenvalue weighted by Gasteiger charge is 2.11. The molecule has 17 heavy (non-hydrogen) atoms. The smallest absolute Gasteiger partial charge is 0.177 e. The van der Waals surface area contributed by atoms with E-state index in [2.05, 4.69) is 26.0 Å². The Kier molecular flexibility index (Phi) is 3.43. The van der Waals surface area contributed by atoms with Crippen LogP contribution in [0.15, 0.2) is 29.6 Å². The number of hydrogen-bond acceptors (Lipinski definition) is 2.